The zero-order chi connectivity index (χ0) is 16.6. The molecule has 6 heteroatoms. The molecule has 0 aliphatic heterocycles. The van der Waals surface area contributed by atoms with E-state index in [-0.39, 0.29) is 12.4 Å². The summed E-state index contributed by atoms with van der Waals surface area (Å²) in [6, 6.07) is 18.0. The number of rotatable bonds is 7. The standard InChI is InChI=1S/C19H19N3O2.ClH/c1-23-17-8-6-15(7-9-17)13-20-14-16-4-2-5-18(12-16)24-19-21-10-3-11-22-19;/h2-12,20H,13-14H2,1H3;1H. The first kappa shape index (κ1) is 18.7. The van der Waals surface area contributed by atoms with E-state index in [9.17, 15) is 0 Å². The second kappa shape index (κ2) is 9.61. The molecule has 1 heterocycles. The smallest absolute Gasteiger partial charge is 0.321 e. The van der Waals surface area contributed by atoms with Crippen molar-refractivity contribution in [1.82, 2.24) is 15.3 Å². The van der Waals surface area contributed by atoms with E-state index in [1.165, 1.54) is 5.56 Å². The molecule has 0 atom stereocenters. The molecule has 0 radical (unpaired) electrons. The largest absolute Gasteiger partial charge is 0.497 e. The maximum Gasteiger partial charge on any atom is 0.321 e. The van der Waals surface area contributed by atoms with Gasteiger partial charge in [-0.1, -0.05) is 24.3 Å². The van der Waals surface area contributed by atoms with Crippen LogP contribution in [0.4, 0.5) is 0 Å². The molecular weight excluding hydrogens is 338 g/mol. The van der Waals surface area contributed by atoms with Crippen molar-refractivity contribution in [1.29, 1.82) is 0 Å². The van der Waals surface area contributed by atoms with Crippen LogP contribution in [0.2, 0.25) is 0 Å². The Balaban J connectivity index is 0.00000225. The molecular formula is C19H20ClN3O2. The van der Waals surface area contributed by atoms with E-state index < -0.39 is 0 Å². The lowest BCUT2D eigenvalue weighted by molar-refractivity contribution is 0.414. The first-order chi connectivity index (χ1) is 11.8. The molecule has 1 aromatic heterocycles. The molecule has 3 aromatic rings. The van der Waals surface area contributed by atoms with Gasteiger partial charge in [-0.05, 0) is 41.5 Å². The Labute approximate surface area is 153 Å². The molecule has 0 unspecified atom stereocenters. The average molecular weight is 358 g/mol. The Morgan fingerprint density at radius 1 is 0.840 bits per heavy atom. The van der Waals surface area contributed by atoms with Gasteiger partial charge in [-0.3, -0.25) is 0 Å². The highest BCUT2D eigenvalue weighted by atomic mass is 35.5. The highest BCUT2D eigenvalue weighted by Gasteiger charge is 2.01. The number of nitrogens with zero attached hydrogens (tertiary/aromatic N) is 2. The quantitative estimate of drug-likeness (QED) is 0.693. The van der Waals surface area contributed by atoms with Crippen LogP contribution in [0.25, 0.3) is 0 Å². The molecule has 1 N–H and O–H groups in total. The summed E-state index contributed by atoms with van der Waals surface area (Å²) in [7, 11) is 1.67. The normalized spacial score (nSPS) is 9.96. The number of hydrogen-bond acceptors (Lipinski definition) is 5. The van der Waals surface area contributed by atoms with Gasteiger partial charge in [-0.25, -0.2) is 9.97 Å². The van der Waals surface area contributed by atoms with E-state index in [2.05, 4.69) is 33.5 Å². The van der Waals surface area contributed by atoms with E-state index in [1.807, 2.05) is 30.3 Å². The number of methoxy groups -OCH3 is 1. The summed E-state index contributed by atoms with van der Waals surface area (Å²) in [5.41, 5.74) is 2.35. The molecule has 0 amide bonds. The molecule has 0 saturated carbocycles. The van der Waals surface area contributed by atoms with Crippen LogP contribution >= 0.6 is 12.4 Å². The SMILES string of the molecule is COc1ccc(CNCc2cccc(Oc3ncccn3)c2)cc1.Cl. The molecule has 0 fully saturated rings. The molecule has 0 spiro atoms. The molecule has 3 rings (SSSR count). The number of halogens is 1. The molecule has 0 bridgehead atoms. The maximum absolute atomic E-state index is 5.65. The Bertz CT molecular complexity index is 767. The number of nitrogens with one attached hydrogen (secondary N) is 1. The fraction of sp³-hybridized carbons (Fsp3) is 0.158. The lowest BCUT2D eigenvalue weighted by Crippen LogP contribution is -2.12. The van der Waals surface area contributed by atoms with Crippen molar-refractivity contribution in [2.75, 3.05) is 7.11 Å². The predicted molar refractivity (Wildman–Crippen MR) is 99.3 cm³/mol. The summed E-state index contributed by atoms with van der Waals surface area (Å²) in [5, 5.41) is 3.42. The Hall–Kier alpha value is -2.63. The summed E-state index contributed by atoms with van der Waals surface area (Å²) in [5.74, 6) is 1.59. The van der Waals surface area contributed by atoms with Crippen LogP contribution in [-0.4, -0.2) is 17.1 Å². The molecule has 0 aliphatic carbocycles. The number of benzene rings is 2. The van der Waals surface area contributed by atoms with Crippen molar-refractivity contribution in [2.24, 2.45) is 0 Å². The van der Waals surface area contributed by atoms with Gasteiger partial charge < -0.3 is 14.8 Å². The Morgan fingerprint density at radius 2 is 1.56 bits per heavy atom. The highest BCUT2D eigenvalue weighted by Crippen LogP contribution is 2.18. The van der Waals surface area contributed by atoms with Crippen molar-refractivity contribution in [2.45, 2.75) is 13.1 Å². The van der Waals surface area contributed by atoms with Crippen LogP contribution in [0, 0.1) is 0 Å². The van der Waals surface area contributed by atoms with Gasteiger partial charge >= 0.3 is 6.01 Å². The fourth-order valence-electron chi connectivity index (χ4n) is 2.26. The highest BCUT2D eigenvalue weighted by molar-refractivity contribution is 5.85. The summed E-state index contributed by atoms with van der Waals surface area (Å²) in [4.78, 5) is 8.12. The van der Waals surface area contributed by atoms with Crippen molar-refractivity contribution in [3.63, 3.8) is 0 Å². The monoisotopic (exact) mass is 357 g/mol. The van der Waals surface area contributed by atoms with E-state index in [1.54, 1.807) is 25.6 Å². The minimum Gasteiger partial charge on any atom is -0.497 e. The third-order valence-corrected chi connectivity index (χ3v) is 3.47. The third kappa shape index (κ3) is 5.74. The number of aromatic nitrogens is 2. The van der Waals surface area contributed by atoms with Crippen molar-refractivity contribution >= 4 is 12.4 Å². The fourth-order valence-corrected chi connectivity index (χ4v) is 2.26. The second-order valence-corrected chi connectivity index (χ2v) is 5.23. The van der Waals surface area contributed by atoms with Crippen LogP contribution in [0.1, 0.15) is 11.1 Å². The van der Waals surface area contributed by atoms with E-state index in [0.29, 0.717) is 6.01 Å². The van der Waals surface area contributed by atoms with E-state index in [4.69, 9.17) is 9.47 Å². The topological polar surface area (TPSA) is 56.3 Å². The van der Waals surface area contributed by atoms with Gasteiger partial charge in [0.2, 0.25) is 0 Å². The first-order valence-electron chi connectivity index (χ1n) is 7.71. The molecule has 25 heavy (non-hydrogen) atoms. The van der Waals surface area contributed by atoms with Crippen molar-refractivity contribution in [3.8, 4) is 17.5 Å². The molecule has 0 aliphatic rings. The van der Waals surface area contributed by atoms with Crippen LogP contribution < -0.4 is 14.8 Å². The average Bonchev–Trinajstić information content (AvgIpc) is 2.63. The Kier molecular flexibility index (Phi) is 7.19. The van der Waals surface area contributed by atoms with Crippen LogP contribution in [0.3, 0.4) is 0 Å². The molecule has 5 nitrogen and oxygen atoms in total. The van der Waals surface area contributed by atoms with Crippen molar-refractivity contribution < 1.29 is 9.47 Å². The lowest BCUT2D eigenvalue weighted by atomic mass is 10.2. The van der Waals surface area contributed by atoms with Gasteiger partial charge in [0.05, 0.1) is 7.11 Å². The molecule has 130 valence electrons. The van der Waals surface area contributed by atoms with Gasteiger partial charge in [0.1, 0.15) is 11.5 Å². The second-order valence-electron chi connectivity index (χ2n) is 5.23. The van der Waals surface area contributed by atoms with Gasteiger partial charge in [0, 0.05) is 25.5 Å². The summed E-state index contributed by atoms with van der Waals surface area (Å²) < 4.78 is 10.8. The summed E-state index contributed by atoms with van der Waals surface area (Å²) in [6.45, 7) is 1.54. The van der Waals surface area contributed by atoms with Crippen LogP contribution in [0.5, 0.6) is 17.5 Å². The molecule has 0 saturated heterocycles. The minimum atomic E-state index is 0. The van der Waals surface area contributed by atoms with Gasteiger partial charge in [0.25, 0.3) is 0 Å². The summed E-state index contributed by atoms with van der Waals surface area (Å²) >= 11 is 0. The predicted octanol–water partition coefficient (Wildman–Crippen LogP) is 3.99. The number of ether oxygens (including phenoxy) is 2. The first-order valence-corrected chi connectivity index (χ1v) is 7.71. The van der Waals surface area contributed by atoms with Crippen LogP contribution in [0.15, 0.2) is 67.0 Å². The van der Waals surface area contributed by atoms with Gasteiger partial charge in [-0.2, -0.15) is 0 Å². The zero-order valence-corrected chi connectivity index (χ0v) is 14.7. The Morgan fingerprint density at radius 3 is 2.28 bits per heavy atom. The summed E-state index contributed by atoms with van der Waals surface area (Å²) in [6.07, 6.45) is 3.31. The minimum absolute atomic E-state index is 0. The zero-order valence-electron chi connectivity index (χ0n) is 13.9. The third-order valence-electron chi connectivity index (χ3n) is 3.47. The lowest BCUT2D eigenvalue weighted by Gasteiger charge is -2.08. The number of hydrogen-bond donors (Lipinski definition) is 1. The van der Waals surface area contributed by atoms with Crippen molar-refractivity contribution in [3.05, 3.63) is 78.1 Å². The maximum atomic E-state index is 5.65. The van der Waals surface area contributed by atoms with Gasteiger partial charge in [0.15, 0.2) is 0 Å². The van der Waals surface area contributed by atoms with E-state index >= 15 is 0 Å². The van der Waals surface area contributed by atoms with E-state index in [0.717, 1.165) is 30.2 Å². The van der Waals surface area contributed by atoms with Crippen LogP contribution in [-0.2, 0) is 13.1 Å². The molecule has 2 aromatic carbocycles. The van der Waals surface area contributed by atoms with Gasteiger partial charge in [-0.15, -0.1) is 12.4 Å².